The van der Waals surface area contributed by atoms with Crippen LogP contribution >= 0.6 is 15.9 Å². The van der Waals surface area contributed by atoms with Crippen LogP contribution in [0.5, 0.6) is 0 Å². The summed E-state index contributed by atoms with van der Waals surface area (Å²) in [5, 5.41) is 0. The molecule has 0 atom stereocenters. The number of hydrogen-bond donors (Lipinski definition) is 0. The van der Waals surface area contributed by atoms with Crippen LogP contribution in [0.3, 0.4) is 0 Å². The monoisotopic (exact) mass is 212 g/mol. The molecule has 0 radical (unpaired) electrons. The Morgan fingerprint density at radius 1 is 1.36 bits per heavy atom. The third kappa shape index (κ3) is 1.10. The van der Waals surface area contributed by atoms with E-state index in [1.54, 1.807) is 0 Å². The highest BCUT2D eigenvalue weighted by molar-refractivity contribution is 9.10. The van der Waals surface area contributed by atoms with Crippen LogP contribution in [0.4, 0.5) is 0 Å². The van der Waals surface area contributed by atoms with E-state index in [9.17, 15) is 0 Å². The van der Waals surface area contributed by atoms with Gasteiger partial charge in [-0.05, 0) is 29.7 Å². The number of fused-ring (bicyclic) bond motifs is 1. The fraction of sp³-hybridized carbons (Fsp3) is 0.333. The van der Waals surface area contributed by atoms with E-state index in [-0.39, 0.29) is 0 Å². The largest absolute Gasteiger partial charge is 0.372 e. The topological polar surface area (TPSA) is 9.23 Å². The van der Waals surface area contributed by atoms with Crippen LogP contribution in [0.25, 0.3) is 0 Å². The van der Waals surface area contributed by atoms with Crippen LogP contribution in [-0.2, 0) is 18.0 Å². The van der Waals surface area contributed by atoms with Crippen molar-refractivity contribution in [1.29, 1.82) is 0 Å². The first-order valence-electron chi connectivity index (χ1n) is 3.63. The van der Waals surface area contributed by atoms with Crippen LogP contribution in [0.15, 0.2) is 16.6 Å². The minimum absolute atomic E-state index is 0.778. The van der Waals surface area contributed by atoms with Gasteiger partial charge in [-0.3, -0.25) is 0 Å². The molecule has 0 saturated carbocycles. The fourth-order valence-electron chi connectivity index (χ4n) is 1.38. The lowest BCUT2D eigenvalue weighted by atomic mass is 10.1. The van der Waals surface area contributed by atoms with Gasteiger partial charge in [0, 0.05) is 4.47 Å². The van der Waals surface area contributed by atoms with Gasteiger partial charge in [-0.2, -0.15) is 0 Å². The number of ether oxygens (including phenoxy) is 1. The molecule has 0 unspecified atom stereocenters. The molecule has 1 aromatic rings. The first-order chi connectivity index (χ1) is 5.29. The average Bonchev–Trinajstić information content (AvgIpc) is 2.45. The van der Waals surface area contributed by atoms with Crippen molar-refractivity contribution in [3.63, 3.8) is 0 Å². The van der Waals surface area contributed by atoms with Crippen molar-refractivity contribution in [3.05, 3.63) is 33.3 Å². The summed E-state index contributed by atoms with van der Waals surface area (Å²) < 4.78 is 6.51. The van der Waals surface area contributed by atoms with Crippen molar-refractivity contribution in [2.24, 2.45) is 0 Å². The molecule has 1 aromatic carbocycles. The smallest absolute Gasteiger partial charge is 0.0727 e. The lowest BCUT2D eigenvalue weighted by Crippen LogP contribution is -1.87. The third-order valence-electron chi connectivity index (χ3n) is 2.13. The normalized spacial score (nSPS) is 15.1. The Labute approximate surface area is 74.5 Å². The van der Waals surface area contributed by atoms with Gasteiger partial charge in [0.15, 0.2) is 0 Å². The van der Waals surface area contributed by atoms with Gasteiger partial charge >= 0.3 is 0 Å². The Morgan fingerprint density at radius 2 is 2.18 bits per heavy atom. The molecule has 0 aromatic heterocycles. The molecule has 0 amide bonds. The first kappa shape index (κ1) is 7.32. The molecule has 0 spiro atoms. The number of halogens is 1. The summed E-state index contributed by atoms with van der Waals surface area (Å²) in [5.74, 6) is 0. The van der Waals surface area contributed by atoms with Crippen molar-refractivity contribution in [2.75, 3.05) is 0 Å². The van der Waals surface area contributed by atoms with Crippen LogP contribution in [0, 0.1) is 6.92 Å². The summed E-state index contributed by atoms with van der Waals surface area (Å²) in [6.45, 7) is 3.68. The lowest BCUT2D eigenvalue weighted by Gasteiger charge is -2.03. The highest BCUT2D eigenvalue weighted by atomic mass is 79.9. The summed E-state index contributed by atoms with van der Waals surface area (Å²) >= 11 is 3.49. The van der Waals surface area contributed by atoms with Gasteiger partial charge < -0.3 is 4.74 Å². The van der Waals surface area contributed by atoms with E-state index in [0.717, 1.165) is 13.2 Å². The van der Waals surface area contributed by atoms with Crippen LogP contribution < -0.4 is 0 Å². The second-order valence-electron chi connectivity index (χ2n) is 2.80. The van der Waals surface area contributed by atoms with Gasteiger partial charge in [0.2, 0.25) is 0 Å². The van der Waals surface area contributed by atoms with Gasteiger partial charge in [-0.15, -0.1) is 0 Å². The molecule has 0 fully saturated rings. The molecule has 2 heteroatoms. The third-order valence-corrected chi connectivity index (χ3v) is 2.99. The highest BCUT2D eigenvalue weighted by Crippen LogP contribution is 2.28. The molecule has 1 nitrogen and oxygen atoms in total. The zero-order chi connectivity index (χ0) is 7.84. The highest BCUT2D eigenvalue weighted by Gasteiger charge is 2.14. The van der Waals surface area contributed by atoms with Crippen LogP contribution in [0.1, 0.15) is 16.7 Å². The van der Waals surface area contributed by atoms with E-state index in [1.165, 1.54) is 21.2 Å². The minimum atomic E-state index is 0.778. The Morgan fingerprint density at radius 3 is 3.00 bits per heavy atom. The van der Waals surface area contributed by atoms with Crippen molar-refractivity contribution >= 4 is 15.9 Å². The molecule has 0 N–H and O–H groups in total. The summed E-state index contributed by atoms with van der Waals surface area (Å²) in [6, 6.07) is 4.21. The summed E-state index contributed by atoms with van der Waals surface area (Å²) in [7, 11) is 0. The Balaban J connectivity index is 2.62. The van der Waals surface area contributed by atoms with E-state index in [1.807, 2.05) is 0 Å². The predicted octanol–water partition coefficient (Wildman–Crippen LogP) is 2.79. The Hall–Kier alpha value is -0.340. The van der Waals surface area contributed by atoms with Crippen LogP contribution in [0.2, 0.25) is 0 Å². The predicted molar refractivity (Wildman–Crippen MR) is 47.4 cm³/mol. The fourth-order valence-corrected chi connectivity index (χ4v) is 1.76. The minimum Gasteiger partial charge on any atom is -0.372 e. The van der Waals surface area contributed by atoms with Gasteiger partial charge in [0.25, 0.3) is 0 Å². The van der Waals surface area contributed by atoms with Gasteiger partial charge in [0.05, 0.1) is 13.2 Å². The number of hydrogen-bond acceptors (Lipinski definition) is 1. The van der Waals surface area contributed by atoms with E-state index in [2.05, 4.69) is 35.0 Å². The van der Waals surface area contributed by atoms with E-state index in [0.29, 0.717) is 0 Å². The summed E-state index contributed by atoms with van der Waals surface area (Å²) in [4.78, 5) is 0. The standard InChI is InChI=1S/C9H9BrO/c1-6-8-5-11-4-7(8)2-3-9(6)10/h2-3H,4-5H2,1H3. The molecule has 1 aliphatic heterocycles. The zero-order valence-corrected chi connectivity index (χ0v) is 7.94. The second kappa shape index (κ2) is 2.61. The van der Waals surface area contributed by atoms with Crippen molar-refractivity contribution in [3.8, 4) is 0 Å². The molecular formula is C9H9BrO. The average molecular weight is 213 g/mol. The van der Waals surface area contributed by atoms with E-state index >= 15 is 0 Å². The number of benzene rings is 1. The van der Waals surface area contributed by atoms with E-state index < -0.39 is 0 Å². The second-order valence-corrected chi connectivity index (χ2v) is 3.66. The maximum Gasteiger partial charge on any atom is 0.0727 e. The van der Waals surface area contributed by atoms with Crippen molar-refractivity contribution in [1.82, 2.24) is 0 Å². The van der Waals surface area contributed by atoms with Crippen LogP contribution in [-0.4, -0.2) is 0 Å². The molecule has 0 aliphatic carbocycles. The Bertz CT molecular complexity index is 294. The molecule has 1 heterocycles. The molecule has 0 bridgehead atoms. The van der Waals surface area contributed by atoms with E-state index in [4.69, 9.17) is 4.74 Å². The molecule has 1 aliphatic rings. The quantitative estimate of drug-likeness (QED) is 0.643. The molecule has 2 rings (SSSR count). The zero-order valence-electron chi connectivity index (χ0n) is 6.36. The molecule has 58 valence electrons. The number of rotatable bonds is 0. The SMILES string of the molecule is Cc1c(Br)ccc2c1COC2. The molecular weight excluding hydrogens is 204 g/mol. The first-order valence-corrected chi connectivity index (χ1v) is 4.43. The molecule has 11 heavy (non-hydrogen) atoms. The van der Waals surface area contributed by atoms with Gasteiger partial charge in [-0.25, -0.2) is 0 Å². The summed E-state index contributed by atoms with van der Waals surface area (Å²) in [5.41, 5.74) is 4.02. The maximum absolute atomic E-state index is 5.33. The van der Waals surface area contributed by atoms with Gasteiger partial charge in [0.1, 0.15) is 0 Å². The molecule has 0 saturated heterocycles. The lowest BCUT2D eigenvalue weighted by molar-refractivity contribution is 0.134. The van der Waals surface area contributed by atoms with Crippen molar-refractivity contribution < 1.29 is 4.74 Å². The maximum atomic E-state index is 5.33. The van der Waals surface area contributed by atoms with Crippen molar-refractivity contribution in [2.45, 2.75) is 20.1 Å². The van der Waals surface area contributed by atoms with Gasteiger partial charge in [-0.1, -0.05) is 22.0 Å². The summed E-state index contributed by atoms with van der Waals surface area (Å²) in [6.07, 6.45) is 0. The Kier molecular flexibility index (Phi) is 1.74.